The molecule has 0 saturated heterocycles. The minimum Gasteiger partial charge on any atom is -0.481 e. The van der Waals surface area contributed by atoms with E-state index >= 15 is 0 Å². The molecule has 1 fully saturated rings. The quantitative estimate of drug-likeness (QED) is 0.602. The molecule has 2 heterocycles. The molecule has 0 bridgehead atoms. The predicted molar refractivity (Wildman–Crippen MR) is 113 cm³/mol. The van der Waals surface area contributed by atoms with E-state index in [9.17, 15) is 4.79 Å². The summed E-state index contributed by atoms with van der Waals surface area (Å²) in [4.78, 5) is 17.6. The Balaban J connectivity index is 1.39. The first-order valence-electron chi connectivity index (χ1n) is 10.1. The molecule has 5 rings (SSSR count). The number of benzene rings is 2. The van der Waals surface area contributed by atoms with Gasteiger partial charge in [-0.1, -0.05) is 24.3 Å². The van der Waals surface area contributed by atoms with E-state index in [0.29, 0.717) is 12.3 Å². The second-order valence-corrected chi connectivity index (χ2v) is 7.99. The summed E-state index contributed by atoms with van der Waals surface area (Å²) in [5, 5.41) is 0. The van der Waals surface area contributed by atoms with E-state index in [1.165, 1.54) is 0 Å². The largest absolute Gasteiger partial charge is 0.481 e. The third kappa shape index (κ3) is 3.20. The van der Waals surface area contributed by atoms with Gasteiger partial charge in [-0.05, 0) is 60.2 Å². The number of ether oxygens (including phenoxy) is 3. The summed E-state index contributed by atoms with van der Waals surface area (Å²) in [6, 6.07) is 15.9. The van der Waals surface area contributed by atoms with Crippen LogP contribution in [0.1, 0.15) is 29.5 Å². The zero-order chi connectivity index (χ0) is 20.7. The third-order valence-electron chi connectivity index (χ3n) is 6.13. The van der Waals surface area contributed by atoms with E-state index in [1.807, 2.05) is 42.6 Å². The van der Waals surface area contributed by atoms with Gasteiger partial charge in [-0.3, -0.25) is 4.79 Å². The van der Waals surface area contributed by atoms with Crippen LogP contribution in [0, 0.1) is 6.92 Å². The van der Waals surface area contributed by atoms with Gasteiger partial charge in [-0.2, -0.15) is 0 Å². The highest BCUT2D eigenvalue weighted by molar-refractivity contribution is 5.95. The summed E-state index contributed by atoms with van der Waals surface area (Å²) in [6.07, 6.45) is 3.98. The van der Waals surface area contributed by atoms with Crippen LogP contribution in [0.4, 0.5) is 0 Å². The molecule has 0 N–H and O–H groups in total. The number of hydrogen-bond donors (Lipinski definition) is 0. The summed E-state index contributed by atoms with van der Waals surface area (Å²) >= 11 is 0. The highest BCUT2D eigenvalue weighted by Crippen LogP contribution is 2.51. The molecule has 0 spiro atoms. The monoisotopic (exact) mass is 401 g/mol. The summed E-state index contributed by atoms with van der Waals surface area (Å²) in [5.41, 5.74) is 4.90. The number of rotatable bonds is 6. The topological polar surface area (TPSA) is 57.7 Å². The Bertz CT molecular complexity index is 1120. The zero-order valence-corrected chi connectivity index (χ0v) is 17.1. The number of carbonyl (C=O) groups is 1. The number of hydrogen-bond acceptors (Lipinski definition) is 5. The number of ketones is 1. The first-order chi connectivity index (χ1) is 14.6. The number of nitrogens with zero attached hydrogens (tertiary/aromatic N) is 1. The maximum Gasteiger partial charge on any atom is 0.231 e. The van der Waals surface area contributed by atoms with Crippen LogP contribution in [0.2, 0.25) is 0 Å². The van der Waals surface area contributed by atoms with Crippen molar-refractivity contribution in [2.75, 3.05) is 13.9 Å². The van der Waals surface area contributed by atoms with Crippen LogP contribution >= 0.6 is 0 Å². The molecule has 3 aromatic rings. The van der Waals surface area contributed by atoms with Gasteiger partial charge in [0.15, 0.2) is 11.5 Å². The number of fused-ring (bicyclic) bond motifs is 1. The van der Waals surface area contributed by atoms with E-state index in [1.54, 1.807) is 7.11 Å². The predicted octanol–water partition coefficient (Wildman–Crippen LogP) is 4.64. The van der Waals surface area contributed by atoms with Crippen molar-refractivity contribution in [3.8, 4) is 28.5 Å². The van der Waals surface area contributed by atoms with E-state index in [4.69, 9.17) is 14.2 Å². The van der Waals surface area contributed by atoms with Gasteiger partial charge in [-0.15, -0.1) is 0 Å². The summed E-state index contributed by atoms with van der Waals surface area (Å²) < 4.78 is 16.1. The van der Waals surface area contributed by atoms with Crippen molar-refractivity contribution in [2.24, 2.45) is 0 Å². The molecule has 5 heteroatoms. The maximum atomic E-state index is 13.3. The lowest BCUT2D eigenvalue weighted by molar-refractivity contribution is -0.120. The van der Waals surface area contributed by atoms with E-state index in [0.717, 1.165) is 52.2 Å². The molecule has 0 amide bonds. The fraction of sp³-hybridized carbons (Fsp3) is 0.280. The van der Waals surface area contributed by atoms with E-state index in [-0.39, 0.29) is 12.6 Å². The van der Waals surface area contributed by atoms with Crippen LogP contribution < -0.4 is 14.2 Å². The van der Waals surface area contributed by atoms with Crippen LogP contribution in [0.25, 0.3) is 11.1 Å². The normalized spacial score (nSPS) is 15.7. The lowest BCUT2D eigenvalue weighted by Gasteiger charge is -2.16. The minimum atomic E-state index is -0.395. The van der Waals surface area contributed by atoms with Gasteiger partial charge in [-0.25, -0.2) is 4.98 Å². The Morgan fingerprint density at radius 2 is 1.90 bits per heavy atom. The molecule has 1 aromatic heterocycles. The van der Waals surface area contributed by atoms with Gasteiger partial charge in [0.2, 0.25) is 12.7 Å². The first kappa shape index (κ1) is 18.7. The van der Waals surface area contributed by atoms with Gasteiger partial charge in [0.1, 0.15) is 5.78 Å². The lowest BCUT2D eigenvalue weighted by atomic mass is 9.87. The second kappa shape index (κ2) is 7.17. The van der Waals surface area contributed by atoms with Gasteiger partial charge < -0.3 is 14.2 Å². The van der Waals surface area contributed by atoms with Gasteiger partial charge >= 0.3 is 0 Å². The fourth-order valence-electron chi connectivity index (χ4n) is 4.15. The summed E-state index contributed by atoms with van der Waals surface area (Å²) in [7, 11) is 1.60. The molecular weight excluding hydrogens is 378 g/mol. The molecule has 2 aliphatic rings. The standard InChI is InChI=1S/C25H23NO4/c1-16-3-4-17(11-20(16)18-5-8-24(28-2)26-14-18)12-23(27)25(9-10-25)19-6-7-21-22(13-19)30-15-29-21/h3-8,11,13-14H,9-10,12,15H2,1-2H3. The van der Waals surface area contributed by atoms with Crippen molar-refractivity contribution in [2.45, 2.75) is 31.6 Å². The Morgan fingerprint density at radius 1 is 1.07 bits per heavy atom. The fourth-order valence-corrected chi connectivity index (χ4v) is 4.15. The molecule has 0 atom stereocenters. The average Bonchev–Trinajstić information content (AvgIpc) is 3.46. The van der Waals surface area contributed by atoms with Crippen molar-refractivity contribution >= 4 is 5.78 Å². The Morgan fingerprint density at radius 3 is 2.63 bits per heavy atom. The molecule has 0 unspecified atom stereocenters. The number of pyridine rings is 1. The molecule has 152 valence electrons. The third-order valence-corrected chi connectivity index (χ3v) is 6.13. The first-order valence-corrected chi connectivity index (χ1v) is 10.1. The number of Topliss-reactive ketones (excluding diaryl/α,β-unsaturated/α-hetero) is 1. The van der Waals surface area contributed by atoms with Crippen molar-refractivity contribution in [1.82, 2.24) is 4.98 Å². The summed E-state index contributed by atoms with van der Waals surface area (Å²) in [5.74, 6) is 2.32. The second-order valence-electron chi connectivity index (χ2n) is 7.99. The van der Waals surface area contributed by atoms with Gasteiger partial charge in [0, 0.05) is 24.2 Å². The van der Waals surface area contributed by atoms with Crippen molar-refractivity contribution < 1.29 is 19.0 Å². The van der Waals surface area contributed by atoms with Crippen molar-refractivity contribution in [3.05, 3.63) is 71.4 Å². The lowest BCUT2D eigenvalue weighted by Crippen LogP contribution is -2.22. The van der Waals surface area contributed by atoms with Crippen molar-refractivity contribution in [3.63, 3.8) is 0 Å². The van der Waals surface area contributed by atoms with Crippen LogP contribution in [0.5, 0.6) is 17.4 Å². The molecule has 1 aliphatic carbocycles. The number of methoxy groups -OCH3 is 1. The molecule has 1 saturated carbocycles. The molecule has 30 heavy (non-hydrogen) atoms. The maximum absolute atomic E-state index is 13.3. The Kier molecular flexibility index (Phi) is 4.46. The van der Waals surface area contributed by atoms with Crippen LogP contribution in [-0.4, -0.2) is 24.7 Å². The smallest absolute Gasteiger partial charge is 0.231 e. The Labute approximate surface area is 175 Å². The van der Waals surface area contributed by atoms with Gasteiger partial charge in [0.05, 0.1) is 12.5 Å². The van der Waals surface area contributed by atoms with Crippen LogP contribution in [0.3, 0.4) is 0 Å². The highest BCUT2D eigenvalue weighted by Gasteiger charge is 2.50. The van der Waals surface area contributed by atoms with Crippen molar-refractivity contribution in [1.29, 1.82) is 0 Å². The average molecular weight is 401 g/mol. The van der Waals surface area contributed by atoms with Gasteiger partial charge in [0.25, 0.3) is 0 Å². The van der Waals surface area contributed by atoms with Crippen LogP contribution in [-0.2, 0) is 16.6 Å². The SMILES string of the molecule is COc1ccc(-c2cc(CC(=O)C3(c4ccc5c(c4)OCO5)CC3)ccc2C)cn1. The molecule has 5 nitrogen and oxygen atoms in total. The molecule has 0 radical (unpaired) electrons. The van der Waals surface area contributed by atoms with E-state index < -0.39 is 5.41 Å². The number of aryl methyl sites for hydroxylation is 1. The molecule has 2 aromatic carbocycles. The number of carbonyl (C=O) groups excluding carboxylic acids is 1. The van der Waals surface area contributed by atoms with Crippen LogP contribution in [0.15, 0.2) is 54.7 Å². The highest BCUT2D eigenvalue weighted by atomic mass is 16.7. The number of aromatic nitrogens is 1. The minimum absolute atomic E-state index is 0.242. The molecule has 1 aliphatic heterocycles. The van der Waals surface area contributed by atoms with E-state index in [2.05, 4.69) is 24.0 Å². The Hall–Kier alpha value is -3.34. The molecular formula is C25H23NO4. The zero-order valence-electron chi connectivity index (χ0n) is 17.1. The summed E-state index contributed by atoms with van der Waals surface area (Å²) in [6.45, 7) is 2.31.